The first-order chi connectivity index (χ1) is 7.79. The van der Waals surface area contributed by atoms with Crippen LogP contribution < -0.4 is 10.6 Å². The first kappa shape index (κ1) is 11.2. The Kier molecular flexibility index (Phi) is 3.59. The average molecular weight is 223 g/mol. The molecule has 16 heavy (non-hydrogen) atoms. The highest BCUT2D eigenvalue weighted by atomic mass is 19.1. The van der Waals surface area contributed by atoms with Gasteiger partial charge in [0.05, 0.1) is 18.6 Å². The number of piperidine rings is 1. The van der Waals surface area contributed by atoms with E-state index in [4.69, 9.17) is 5.73 Å². The summed E-state index contributed by atoms with van der Waals surface area (Å²) < 4.78 is 12.2. The maximum Gasteiger partial charge on any atom is 0.128 e. The molecule has 2 rings (SSSR count). The fourth-order valence-electron chi connectivity index (χ4n) is 2.19. The molecule has 0 radical (unpaired) electrons. The molecular formula is C12H18FN3. The van der Waals surface area contributed by atoms with Crippen molar-refractivity contribution < 1.29 is 4.39 Å². The molecule has 1 aromatic rings. The van der Waals surface area contributed by atoms with E-state index < -0.39 is 0 Å². The van der Waals surface area contributed by atoms with Crippen molar-refractivity contribution in [3.63, 3.8) is 0 Å². The van der Waals surface area contributed by atoms with E-state index in [9.17, 15) is 4.39 Å². The Bertz CT molecular complexity index is 318. The van der Waals surface area contributed by atoms with Crippen molar-refractivity contribution >= 4 is 11.5 Å². The second-order valence-corrected chi connectivity index (χ2v) is 4.36. The van der Waals surface area contributed by atoms with Crippen LogP contribution in [0, 0.1) is 5.92 Å². The van der Waals surface area contributed by atoms with Gasteiger partial charge in [0.15, 0.2) is 0 Å². The predicted molar refractivity (Wildman–Crippen MR) is 64.2 cm³/mol. The summed E-state index contributed by atoms with van der Waals surface area (Å²) in [5, 5.41) is 0. The predicted octanol–water partition coefficient (Wildman–Crippen LogP) is 2.24. The third-order valence-corrected chi connectivity index (χ3v) is 3.23. The van der Waals surface area contributed by atoms with Crippen LogP contribution in [0.3, 0.4) is 0 Å². The standard InChI is InChI=1S/C12H18FN3/c13-6-3-10-4-7-16(8-5-10)12-2-1-11(14)9-15-12/h1-2,9-10H,3-8,14H2. The summed E-state index contributed by atoms with van der Waals surface area (Å²) in [7, 11) is 0. The van der Waals surface area contributed by atoms with Crippen LogP contribution in [0.1, 0.15) is 19.3 Å². The number of hydrogen-bond acceptors (Lipinski definition) is 3. The van der Waals surface area contributed by atoms with Crippen LogP contribution in [0.4, 0.5) is 15.9 Å². The lowest BCUT2D eigenvalue weighted by molar-refractivity contribution is 0.332. The maximum atomic E-state index is 12.2. The van der Waals surface area contributed by atoms with Crippen LogP contribution >= 0.6 is 0 Å². The van der Waals surface area contributed by atoms with Gasteiger partial charge in [-0.15, -0.1) is 0 Å². The highest BCUT2D eigenvalue weighted by Crippen LogP contribution is 2.24. The van der Waals surface area contributed by atoms with Gasteiger partial charge in [0.1, 0.15) is 5.82 Å². The number of alkyl halides is 1. The van der Waals surface area contributed by atoms with Gasteiger partial charge in [0.2, 0.25) is 0 Å². The summed E-state index contributed by atoms with van der Waals surface area (Å²) in [6.45, 7) is 1.76. The van der Waals surface area contributed by atoms with E-state index in [1.54, 1.807) is 6.20 Å². The van der Waals surface area contributed by atoms with Gasteiger partial charge in [-0.25, -0.2) is 4.98 Å². The second-order valence-electron chi connectivity index (χ2n) is 4.36. The van der Waals surface area contributed by atoms with Crippen LogP contribution in [0.2, 0.25) is 0 Å². The van der Waals surface area contributed by atoms with Gasteiger partial charge in [0.25, 0.3) is 0 Å². The summed E-state index contributed by atoms with van der Waals surface area (Å²) in [6, 6.07) is 3.82. The molecule has 1 fully saturated rings. The molecule has 0 saturated carbocycles. The lowest BCUT2D eigenvalue weighted by Gasteiger charge is -2.32. The summed E-state index contributed by atoms with van der Waals surface area (Å²) in [5.41, 5.74) is 6.29. The number of pyridine rings is 1. The maximum absolute atomic E-state index is 12.2. The van der Waals surface area contributed by atoms with Crippen molar-refractivity contribution in [2.75, 3.05) is 30.4 Å². The van der Waals surface area contributed by atoms with Crippen molar-refractivity contribution in [3.05, 3.63) is 18.3 Å². The number of aromatic nitrogens is 1. The van der Waals surface area contributed by atoms with Gasteiger partial charge in [-0.05, 0) is 37.3 Å². The first-order valence-corrected chi connectivity index (χ1v) is 5.82. The molecule has 0 spiro atoms. The van der Waals surface area contributed by atoms with E-state index in [2.05, 4.69) is 9.88 Å². The Hall–Kier alpha value is -1.32. The number of anilines is 2. The molecule has 0 unspecified atom stereocenters. The fraction of sp³-hybridized carbons (Fsp3) is 0.583. The number of nitrogen functional groups attached to an aromatic ring is 1. The van der Waals surface area contributed by atoms with E-state index in [-0.39, 0.29) is 6.67 Å². The summed E-state index contributed by atoms with van der Waals surface area (Å²) in [6.07, 6.45) is 4.53. The molecular weight excluding hydrogens is 205 g/mol. The third-order valence-electron chi connectivity index (χ3n) is 3.23. The zero-order valence-corrected chi connectivity index (χ0v) is 9.40. The molecule has 1 aromatic heterocycles. The molecule has 0 amide bonds. The topological polar surface area (TPSA) is 42.1 Å². The average Bonchev–Trinajstić information content (AvgIpc) is 2.32. The van der Waals surface area contributed by atoms with Gasteiger partial charge in [-0.3, -0.25) is 4.39 Å². The van der Waals surface area contributed by atoms with Crippen LogP contribution in [0.5, 0.6) is 0 Å². The van der Waals surface area contributed by atoms with Crippen LogP contribution in [-0.4, -0.2) is 24.7 Å². The van der Waals surface area contributed by atoms with Gasteiger partial charge < -0.3 is 10.6 Å². The molecule has 88 valence electrons. The Balaban J connectivity index is 1.91. The summed E-state index contributed by atoms with van der Waals surface area (Å²) in [4.78, 5) is 6.54. The molecule has 0 aliphatic carbocycles. The van der Waals surface area contributed by atoms with E-state index in [1.807, 2.05) is 12.1 Å². The van der Waals surface area contributed by atoms with Gasteiger partial charge in [0, 0.05) is 13.1 Å². The Morgan fingerprint density at radius 1 is 1.38 bits per heavy atom. The Morgan fingerprint density at radius 3 is 2.69 bits per heavy atom. The minimum atomic E-state index is -0.190. The highest BCUT2D eigenvalue weighted by molar-refractivity contribution is 5.45. The molecule has 0 atom stereocenters. The van der Waals surface area contributed by atoms with E-state index in [1.165, 1.54) is 0 Å². The smallest absolute Gasteiger partial charge is 0.128 e. The summed E-state index contributed by atoms with van der Waals surface area (Å²) in [5.74, 6) is 1.53. The van der Waals surface area contributed by atoms with Crippen molar-refractivity contribution in [1.82, 2.24) is 4.98 Å². The number of nitrogens with two attached hydrogens (primary N) is 1. The number of hydrogen-bond donors (Lipinski definition) is 1. The Labute approximate surface area is 95.5 Å². The molecule has 3 nitrogen and oxygen atoms in total. The zero-order valence-electron chi connectivity index (χ0n) is 9.40. The molecule has 2 N–H and O–H groups in total. The van der Waals surface area contributed by atoms with Gasteiger partial charge in [-0.1, -0.05) is 0 Å². The highest BCUT2D eigenvalue weighted by Gasteiger charge is 2.19. The molecule has 0 aromatic carbocycles. The molecule has 1 saturated heterocycles. The van der Waals surface area contributed by atoms with Crippen LogP contribution in [0.25, 0.3) is 0 Å². The van der Waals surface area contributed by atoms with Crippen molar-refractivity contribution in [3.8, 4) is 0 Å². The molecule has 4 heteroatoms. The number of rotatable bonds is 3. The lowest BCUT2D eigenvalue weighted by atomic mass is 9.94. The monoisotopic (exact) mass is 223 g/mol. The normalized spacial score (nSPS) is 17.7. The van der Waals surface area contributed by atoms with Crippen LogP contribution in [-0.2, 0) is 0 Å². The molecule has 2 heterocycles. The quantitative estimate of drug-likeness (QED) is 0.854. The van der Waals surface area contributed by atoms with E-state index in [0.29, 0.717) is 18.0 Å². The van der Waals surface area contributed by atoms with Crippen molar-refractivity contribution in [2.45, 2.75) is 19.3 Å². The number of halogens is 1. The van der Waals surface area contributed by atoms with Gasteiger partial charge >= 0.3 is 0 Å². The third kappa shape index (κ3) is 2.62. The molecule has 0 bridgehead atoms. The number of nitrogens with zero attached hydrogens (tertiary/aromatic N) is 2. The first-order valence-electron chi connectivity index (χ1n) is 5.82. The van der Waals surface area contributed by atoms with E-state index in [0.717, 1.165) is 31.7 Å². The van der Waals surface area contributed by atoms with Crippen molar-refractivity contribution in [2.24, 2.45) is 5.92 Å². The molecule has 1 aliphatic heterocycles. The second kappa shape index (κ2) is 5.14. The zero-order chi connectivity index (χ0) is 11.4. The van der Waals surface area contributed by atoms with Crippen LogP contribution in [0.15, 0.2) is 18.3 Å². The Morgan fingerprint density at radius 2 is 2.12 bits per heavy atom. The fourth-order valence-corrected chi connectivity index (χ4v) is 2.19. The SMILES string of the molecule is Nc1ccc(N2CCC(CCF)CC2)nc1. The van der Waals surface area contributed by atoms with E-state index >= 15 is 0 Å². The largest absolute Gasteiger partial charge is 0.397 e. The van der Waals surface area contributed by atoms with Gasteiger partial charge in [-0.2, -0.15) is 0 Å². The summed E-state index contributed by atoms with van der Waals surface area (Å²) >= 11 is 0. The van der Waals surface area contributed by atoms with Crippen molar-refractivity contribution in [1.29, 1.82) is 0 Å². The minimum Gasteiger partial charge on any atom is -0.397 e. The minimum absolute atomic E-state index is 0.190. The lowest BCUT2D eigenvalue weighted by Crippen LogP contribution is -2.34. The molecule has 1 aliphatic rings.